The first kappa shape index (κ1) is 22.3. The number of hydrogen-bond donors (Lipinski definition) is 0. The minimum Gasteiger partial charge on any atom is -0.339 e. The smallest absolute Gasteiger partial charge is 0.273 e. The lowest BCUT2D eigenvalue weighted by atomic mass is 10.2. The standard InChI is InChI=1S/C25H22N6O4/c1-27-10-12-28(13-11-27)23(32)16-29-21-5-3-2-4-20(21)24-22(29)14-17(15-26)25(33)30(24)18-6-8-19(9-7-18)31(34)35/h2-9,14H,10-13,16H2,1H3. The van der Waals surface area contributed by atoms with Crippen molar-refractivity contribution in [2.45, 2.75) is 6.54 Å². The lowest BCUT2D eigenvalue weighted by molar-refractivity contribution is -0.384. The van der Waals surface area contributed by atoms with Crippen molar-refractivity contribution >= 4 is 33.5 Å². The van der Waals surface area contributed by atoms with E-state index >= 15 is 0 Å². The van der Waals surface area contributed by atoms with Gasteiger partial charge in [-0.3, -0.25) is 24.3 Å². The van der Waals surface area contributed by atoms with Crippen molar-refractivity contribution in [2.24, 2.45) is 0 Å². The molecule has 2 aromatic heterocycles. The fraction of sp³-hybridized carbons (Fsp3) is 0.240. The van der Waals surface area contributed by atoms with Crippen molar-refractivity contribution in [2.75, 3.05) is 33.2 Å². The summed E-state index contributed by atoms with van der Waals surface area (Å²) in [5.41, 5.74) is 1.57. The number of nitro benzene ring substituents is 1. The Kier molecular flexibility index (Phi) is 5.55. The topological polar surface area (TPSA) is 117 Å². The molecule has 1 saturated heterocycles. The highest BCUT2D eigenvalue weighted by molar-refractivity contribution is 6.07. The molecule has 0 unspecified atom stereocenters. The lowest BCUT2D eigenvalue weighted by Crippen LogP contribution is -2.48. The van der Waals surface area contributed by atoms with Gasteiger partial charge in [0, 0.05) is 49.4 Å². The minimum atomic E-state index is -0.526. The van der Waals surface area contributed by atoms with Crippen LogP contribution in [-0.2, 0) is 11.3 Å². The van der Waals surface area contributed by atoms with Crippen LogP contribution in [0.2, 0.25) is 0 Å². The average molecular weight is 470 g/mol. The predicted molar refractivity (Wildman–Crippen MR) is 130 cm³/mol. The third-order valence-electron chi connectivity index (χ3n) is 6.51. The van der Waals surface area contributed by atoms with Crippen LogP contribution in [0.1, 0.15) is 5.56 Å². The molecule has 1 fully saturated rings. The summed E-state index contributed by atoms with van der Waals surface area (Å²) in [6.45, 7) is 2.96. The number of non-ortho nitro benzene ring substituents is 1. The number of nitrogens with zero attached hydrogens (tertiary/aromatic N) is 6. The van der Waals surface area contributed by atoms with Gasteiger partial charge in [0.1, 0.15) is 18.2 Å². The van der Waals surface area contributed by atoms with E-state index in [9.17, 15) is 25.0 Å². The monoisotopic (exact) mass is 470 g/mol. The zero-order valence-electron chi connectivity index (χ0n) is 19.0. The first-order chi connectivity index (χ1) is 16.9. The van der Waals surface area contributed by atoms with Gasteiger partial charge in [-0.2, -0.15) is 5.26 Å². The van der Waals surface area contributed by atoms with Gasteiger partial charge in [-0.15, -0.1) is 0 Å². The summed E-state index contributed by atoms with van der Waals surface area (Å²) in [6, 6.07) is 16.6. The fourth-order valence-corrected chi connectivity index (χ4v) is 4.62. The van der Waals surface area contributed by atoms with E-state index in [1.807, 2.05) is 46.8 Å². The highest BCUT2D eigenvalue weighted by atomic mass is 16.6. The molecule has 3 heterocycles. The highest BCUT2D eigenvalue weighted by Crippen LogP contribution is 2.31. The molecule has 176 valence electrons. The third kappa shape index (κ3) is 3.82. The largest absolute Gasteiger partial charge is 0.339 e. The number of carbonyl (C=O) groups excluding carboxylic acids is 1. The fourth-order valence-electron chi connectivity index (χ4n) is 4.62. The Morgan fingerprint density at radius 1 is 1.06 bits per heavy atom. The summed E-state index contributed by atoms with van der Waals surface area (Å²) in [5, 5.41) is 21.6. The van der Waals surface area contributed by atoms with Crippen molar-refractivity contribution in [3.05, 3.63) is 80.6 Å². The predicted octanol–water partition coefficient (Wildman–Crippen LogP) is 2.50. The van der Waals surface area contributed by atoms with Crippen molar-refractivity contribution in [3.63, 3.8) is 0 Å². The number of carbonyl (C=O) groups is 1. The quantitative estimate of drug-likeness (QED) is 0.334. The molecular formula is C25H22N6O4. The van der Waals surface area contributed by atoms with Gasteiger partial charge in [-0.1, -0.05) is 18.2 Å². The van der Waals surface area contributed by atoms with E-state index in [1.54, 1.807) is 0 Å². The van der Waals surface area contributed by atoms with Crippen LogP contribution in [0.4, 0.5) is 5.69 Å². The molecule has 0 saturated carbocycles. The molecule has 1 aliphatic rings. The molecule has 1 amide bonds. The van der Waals surface area contributed by atoms with E-state index in [0.717, 1.165) is 24.0 Å². The van der Waals surface area contributed by atoms with Gasteiger partial charge in [0.15, 0.2) is 0 Å². The molecule has 10 nitrogen and oxygen atoms in total. The second-order valence-corrected chi connectivity index (χ2v) is 8.61. The zero-order valence-corrected chi connectivity index (χ0v) is 19.0. The van der Waals surface area contributed by atoms with Gasteiger partial charge in [0.05, 0.1) is 21.5 Å². The van der Waals surface area contributed by atoms with Gasteiger partial charge in [0.25, 0.3) is 11.2 Å². The number of hydrogen-bond acceptors (Lipinski definition) is 6. The van der Waals surface area contributed by atoms with Crippen LogP contribution in [0.3, 0.4) is 0 Å². The third-order valence-corrected chi connectivity index (χ3v) is 6.51. The number of fused-ring (bicyclic) bond motifs is 3. The molecule has 2 aromatic carbocycles. The molecule has 4 aromatic rings. The van der Waals surface area contributed by atoms with Crippen LogP contribution in [-0.4, -0.2) is 63.0 Å². The average Bonchev–Trinajstić information content (AvgIpc) is 3.17. The molecule has 0 spiro atoms. The highest BCUT2D eigenvalue weighted by Gasteiger charge is 2.24. The first-order valence-corrected chi connectivity index (χ1v) is 11.2. The Morgan fingerprint density at radius 2 is 1.74 bits per heavy atom. The molecule has 0 bridgehead atoms. The number of amides is 1. The van der Waals surface area contributed by atoms with Gasteiger partial charge < -0.3 is 14.4 Å². The second-order valence-electron chi connectivity index (χ2n) is 8.61. The van der Waals surface area contributed by atoms with Crippen molar-refractivity contribution < 1.29 is 9.72 Å². The number of pyridine rings is 1. The number of aromatic nitrogens is 2. The molecule has 10 heteroatoms. The van der Waals surface area contributed by atoms with Gasteiger partial charge >= 0.3 is 0 Å². The number of nitriles is 1. The number of nitro groups is 1. The first-order valence-electron chi connectivity index (χ1n) is 11.2. The van der Waals surface area contributed by atoms with E-state index in [4.69, 9.17) is 0 Å². The summed E-state index contributed by atoms with van der Waals surface area (Å²) in [4.78, 5) is 41.1. The summed E-state index contributed by atoms with van der Waals surface area (Å²) in [5.74, 6) is -0.0349. The van der Waals surface area contributed by atoms with E-state index in [1.165, 1.54) is 34.9 Å². The molecule has 0 atom stereocenters. The second kappa shape index (κ2) is 8.70. The van der Waals surface area contributed by atoms with Crippen LogP contribution in [0.5, 0.6) is 0 Å². The maximum Gasteiger partial charge on any atom is 0.273 e. The van der Waals surface area contributed by atoms with Crippen molar-refractivity contribution in [3.8, 4) is 11.8 Å². The Balaban J connectivity index is 1.73. The molecule has 0 aliphatic carbocycles. The molecule has 0 radical (unpaired) electrons. The van der Waals surface area contributed by atoms with Gasteiger partial charge in [0.2, 0.25) is 5.91 Å². The molecule has 0 N–H and O–H groups in total. The van der Waals surface area contributed by atoms with Crippen LogP contribution in [0.15, 0.2) is 59.4 Å². The summed E-state index contributed by atoms with van der Waals surface area (Å²) >= 11 is 0. The maximum absolute atomic E-state index is 13.3. The molecule has 5 rings (SSSR count). The number of rotatable bonds is 4. The summed E-state index contributed by atoms with van der Waals surface area (Å²) in [6.07, 6.45) is 0. The van der Waals surface area contributed by atoms with Crippen LogP contribution < -0.4 is 5.56 Å². The summed E-state index contributed by atoms with van der Waals surface area (Å²) in [7, 11) is 2.02. The van der Waals surface area contributed by atoms with Crippen molar-refractivity contribution in [1.82, 2.24) is 18.9 Å². The van der Waals surface area contributed by atoms with Crippen LogP contribution in [0, 0.1) is 21.4 Å². The zero-order chi connectivity index (χ0) is 24.7. The number of piperazine rings is 1. The Morgan fingerprint density at radius 3 is 2.40 bits per heavy atom. The van der Waals surface area contributed by atoms with E-state index < -0.39 is 10.5 Å². The SMILES string of the molecule is CN1CCN(C(=O)Cn2c3ccccc3c3c2cc(C#N)c(=O)n3-c2ccc([N+](=O)[O-])cc2)CC1. The van der Waals surface area contributed by atoms with E-state index in [0.29, 0.717) is 29.8 Å². The number of likely N-dealkylation sites (N-methyl/N-ethyl adjacent to an activating group) is 1. The number of benzene rings is 2. The molecule has 1 aliphatic heterocycles. The van der Waals surface area contributed by atoms with Crippen molar-refractivity contribution in [1.29, 1.82) is 5.26 Å². The Labute approximate surface area is 200 Å². The normalized spacial score (nSPS) is 14.3. The maximum atomic E-state index is 13.3. The summed E-state index contributed by atoms with van der Waals surface area (Å²) < 4.78 is 3.24. The number of para-hydroxylation sites is 1. The Bertz CT molecular complexity index is 1570. The van der Waals surface area contributed by atoms with Crippen LogP contribution in [0.25, 0.3) is 27.6 Å². The Hall–Kier alpha value is -4.49. The minimum absolute atomic E-state index is 0.0349. The van der Waals surface area contributed by atoms with Gasteiger partial charge in [-0.05, 0) is 31.3 Å². The van der Waals surface area contributed by atoms with Gasteiger partial charge in [-0.25, -0.2) is 0 Å². The van der Waals surface area contributed by atoms with E-state index in [-0.39, 0.29) is 23.7 Å². The lowest BCUT2D eigenvalue weighted by Gasteiger charge is -2.32. The molecule has 35 heavy (non-hydrogen) atoms. The van der Waals surface area contributed by atoms with Crippen LogP contribution >= 0.6 is 0 Å². The van der Waals surface area contributed by atoms with E-state index in [2.05, 4.69) is 4.90 Å². The molecular weight excluding hydrogens is 448 g/mol.